The van der Waals surface area contributed by atoms with Gasteiger partial charge in [-0.3, -0.25) is 4.79 Å². The van der Waals surface area contributed by atoms with E-state index in [1.165, 1.54) is 16.7 Å². The predicted octanol–water partition coefficient (Wildman–Crippen LogP) is 10.5. The normalized spacial score (nSPS) is 30.6. The summed E-state index contributed by atoms with van der Waals surface area (Å²) in [4.78, 5) is 12.4. The van der Waals surface area contributed by atoms with Gasteiger partial charge in [-0.15, -0.1) is 5.54 Å². The number of aliphatic hydroxyl groups is 1. The van der Waals surface area contributed by atoms with Crippen LogP contribution in [0, 0.1) is 28.7 Å². The van der Waals surface area contributed by atoms with Gasteiger partial charge in [-0.1, -0.05) is 99.1 Å². The van der Waals surface area contributed by atoms with Gasteiger partial charge in [0.15, 0.2) is 5.78 Å². The molecule has 2 fully saturated rings. The SMILES string of the molecule is CC(C)[Si](C#CC(F)(F)[C@]1(O)CCC2C3CCC4=CC(=O)CCC4=C3C(c3ccc(C(C)(C)C)cc3)C[C@@]21C)(C(C)C)C(C)C. The lowest BCUT2D eigenvalue weighted by molar-refractivity contribution is -0.209. The molecule has 0 bridgehead atoms. The number of ketones is 1. The molecule has 1 aromatic rings. The molecule has 0 spiro atoms. The molecule has 4 aliphatic rings. The molecule has 0 aromatic heterocycles. The third kappa shape index (κ3) is 5.35. The maximum Gasteiger partial charge on any atom is 0.336 e. The number of carbonyl (C=O) groups excluding carboxylic acids is 1. The highest BCUT2D eigenvalue weighted by atomic mass is 28.3. The van der Waals surface area contributed by atoms with Gasteiger partial charge in [-0.25, -0.2) is 0 Å². The van der Waals surface area contributed by atoms with Crippen molar-refractivity contribution in [1.29, 1.82) is 0 Å². The van der Waals surface area contributed by atoms with Crippen molar-refractivity contribution in [1.82, 2.24) is 0 Å². The molecule has 5 atom stereocenters. The summed E-state index contributed by atoms with van der Waals surface area (Å²) in [6, 6.07) is 8.74. The van der Waals surface area contributed by atoms with Crippen LogP contribution >= 0.6 is 0 Å². The van der Waals surface area contributed by atoms with Crippen molar-refractivity contribution in [2.75, 3.05) is 0 Å². The lowest BCUT2D eigenvalue weighted by Crippen LogP contribution is -2.60. The zero-order chi connectivity index (χ0) is 33.3. The first kappa shape index (κ1) is 34.3. The van der Waals surface area contributed by atoms with Gasteiger partial charge in [-0.2, -0.15) is 8.78 Å². The van der Waals surface area contributed by atoms with Gasteiger partial charge in [0.2, 0.25) is 0 Å². The topological polar surface area (TPSA) is 37.3 Å². The van der Waals surface area contributed by atoms with Gasteiger partial charge >= 0.3 is 5.92 Å². The molecule has 45 heavy (non-hydrogen) atoms. The van der Waals surface area contributed by atoms with Crippen molar-refractivity contribution in [2.24, 2.45) is 17.3 Å². The maximum absolute atomic E-state index is 16.8. The smallest absolute Gasteiger partial charge is 0.336 e. The Morgan fingerprint density at radius 3 is 2.09 bits per heavy atom. The van der Waals surface area contributed by atoms with E-state index in [4.69, 9.17) is 0 Å². The molecule has 0 radical (unpaired) electrons. The first-order chi connectivity index (χ1) is 20.8. The van der Waals surface area contributed by atoms with Gasteiger partial charge in [0, 0.05) is 17.8 Å². The molecule has 2 nitrogen and oxygen atoms in total. The Morgan fingerprint density at radius 1 is 0.933 bits per heavy atom. The molecule has 246 valence electrons. The van der Waals surface area contributed by atoms with E-state index in [1.54, 1.807) is 0 Å². The number of allylic oxidation sites excluding steroid dienone is 4. The summed E-state index contributed by atoms with van der Waals surface area (Å²) >= 11 is 0. The number of alkyl halides is 2. The number of fused-ring (bicyclic) bond motifs is 4. The number of benzene rings is 1. The van der Waals surface area contributed by atoms with E-state index in [0.717, 1.165) is 30.4 Å². The van der Waals surface area contributed by atoms with Crippen LogP contribution < -0.4 is 0 Å². The van der Waals surface area contributed by atoms with Crippen molar-refractivity contribution in [3.63, 3.8) is 0 Å². The molecular formula is C40H56F2O2Si. The average Bonchev–Trinajstić information content (AvgIpc) is 3.23. The maximum atomic E-state index is 16.8. The third-order valence-electron chi connectivity index (χ3n) is 12.9. The van der Waals surface area contributed by atoms with Crippen LogP contribution in [0.25, 0.3) is 0 Å². The van der Waals surface area contributed by atoms with E-state index < -0.39 is 25.0 Å². The van der Waals surface area contributed by atoms with E-state index >= 15 is 8.78 Å². The average molecular weight is 635 g/mol. The second-order valence-electron chi connectivity index (χ2n) is 17.0. The van der Waals surface area contributed by atoms with Gasteiger partial charge in [0.25, 0.3) is 0 Å². The van der Waals surface area contributed by atoms with Crippen molar-refractivity contribution < 1.29 is 18.7 Å². The zero-order valence-corrected chi connectivity index (χ0v) is 30.4. The first-order valence-corrected chi connectivity index (χ1v) is 19.7. The Hall–Kier alpha value is -2.03. The molecular weight excluding hydrogens is 579 g/mol. The zero-order valence-electron chi connectivity index (χ0n) is 29.4. The first-order valence-electron chi connectivity index (χ1n) is 17.5. The molecule has 1 N–H and O–H groups in total. The highest BCUT2D eigenvalue weighted by molar-refractivity contribution is 6.90. The summed E-state index contributed by atoms with van der Waals surface area (Å²) in [6.45, 7) is 21.4. The summed E-state index contributed by atoms with van der Waals surface area (Å²) in [7, 11) is -2.42. The van der Waals surface area contributed by atoms with Gasteiger partial charge in [0.05, 0.1) is 0 Å². The summed E-state index contributed by atoms with van der Waals surface area (Å²) in [5.74, 6) is -0.790. The van der Waals surface area contributed by atoms with E-state index in [-0.39, 0.29) is 52.0 Å². The molecule has 1 aromatic carbocycles. The largest absolute Gasteiger partial charge is 0.382 e. The Morgan fingerprint density at radius 2 is 1.53 bits per heavy atom. The van der Waals surface area contributed by atoms with Crippen LogP contribution in [0.1, 0.15) is 131 Å². The van der Waals surface area contributed by atoms with Crippen LogP contribution in [0.4, 0.5) is 8.78 Å². The minimum Gasteiger partial charge on any atom is -0.382 e. The Balaban J connectivity index is 1.64. The molecule has 0 aliphatic heterocycles. The van der Waals surface area contributed by atoms with E-state index in [1.807, 2.05) is 13.0 Å². The van der Waals surface area contributed by atoms with E-state index in [2.05, 4.69) is 98.0 Å². The molecule has 0 saturated heterocycles. The monoisotopic (exact) mass is 634 g/mol. The Labute approximate surface area is 272 Å². The quantitative estimate of drug-likeness (QED) is 0.258. The van der Waals surface area contributed by atoms with Crippen molar-refractivity contribution in [3.8, 4) is 11.5 Å². The van der Waals surface area contributed by atoms with Gasteiger partial charge < -0.3 is 5.11 Å². The number of rotatable bonds is 5. The fourth-order valence-corrected chi connectivity index (χ4v) is 15.7. The van der Waals surface area contributed by atoms with Gasteiger partial charge in [-0.05, 0) is 107 Å². The van der Waals surface area contributed by atoms with Gasteiger partial charge in [0.1, 0.15) is 13.7 Å². The van der Waals surface area contributed by atoms with Crippen molar-refractivity contribution >= 4 is 13.9 Å². The number of hydrogen-bond acceptors (Lipinski definition) is 2. The third-order valence-corrected chi connectivity index (χ3v) is 19.2. The number of carbonyl (C=O) groups is 1. The Kier molecular flexibility index (Phi) is 8.83. The second kappa shape index (κ2) is 11.6. The number of hydrogen-bond donors (Lipinski definition) is 1. The molecule has 4 aliphatic carbocycles. The van der Waals surface area contributed by atoms with Crippen LogP contribution in [0.3, 0.4) is 0 Å². The van der Waals surface area contributed by atoms with Crippen LogP contribution in [0.15, 0.2) is 47.1 Å². The lowest BCUT2D eigenvalue weighted by atomic mass is 9.50. The molecule has 2 saturated carbocycles. The molecule has 0 heterocycles. The summed E-state index contributed by atoms with van der Waals surface area (Å²) in [5.41, 5.74) is 6.94. The highest BCUT2D eigenvalue weighted by Gasteiger charge is 2.71. The fourth-order valence-electron chi connectivity index (χ4n) is 10.4. The van der Waals surface area contributed by atoms with Crippen molar-refractivity contribution in [3.05, 3.63) is 58.2 Å². The van der Waals surface area contributed by atoms with E-state index in [0.29, 0.717) is 19.3 Å². The molecule has 0 amide bonds. The Bertz CT molecular complexity index is 1430. The minimum atomic E-state index is -3.52. The second-order valence-corrected chi connectivity index (χ2v) is 22.6. The molecule has 5 heteroatoms. The van der Waals surface area contributed by atoms with E-state index in [9.17, 15) is 9.90 Å². The van der Waals surface area contributed by atoms with Crippen LogP contribution in [-0.4, -0.2) is 30.5 Å². The summed E-state index contributed by atoms with van der Waals surface area (Å²) in [6.07, 6.45) is 5.82. The van der Waals surface area contributed by atoms with Crippen LogP contribution in [-0.2, 0) is 10.2 Å². The lowest BCUT2D eigenvalue weighted by Gasteiger charge is -2.55. The standard InChI is InChI=1S/C40H56F2O2Si/c1-25(2)45(26(3)4,27(5)6)22-21-40(41,42)39(44)20-19-35-33-17-13-29-23-31(43)16-18-32(29)36(33)34(24-38(35,39)10)28-11-14-30(15-12-28)37(7,8)9/h11-12,14-15,23,25-27,33-35,44H,13,16-20,24H2,1-10H3/t33?,34?,35?,38-,39-/m0/s1. The molecule has 3 unspecified atom stereocenters. The molecule has 5 rings (SSSR count). The van der Waals surface area contributed by atoms with Crippen molar-refractivity contribution in [2.45, 2.75) is 154 Å². The van der Waals surface area contributed by atoms with Crippen LogP contribution in [0.2, 0.25) is 16.6 Å². The highest BCUT2D eigenvalue weighted by Crippen LogP contribution is 2.69. The predicted molar refractivity (Wildman–Crippen MR) is 184 cm³/mol. The van der Waals surface area contributed by atoms with Crippen LogP contribution in [0.5, 0.6) is 0 Å². The minimum absolute atomic E-state index is 0.00397. The summed E-state index contributed by atoms with van der Waals surface area (Å²) in [5, 5.41) is 12.4. The fraction of sp³-hybridized carbons (Fsp3) is 0.675. The summed E-state index contributed by atoms with van der Waals surface area (Å²) < 4.78 is 33.7. The number of halogens is 2.